The van der Waals surface area contributed by atoms with Gasteiger partial charge in [-0.1, -0.05) is 6.92 Å². The fourth-order valence-electron chi connectivity index (χ4n) is 4.16. The van der Waals surface area contributed by atoms with Crippen molar-refractivity contribution in [3.05, 3.63) is 30.1 Å². The van der Waals surface area contributed by atoms with Gasteiger partial charge in [-0.15, -0.1) is 0 Å². The molecule has 0 unspecified atom stereocenters. The van der Waals surface area contributed by atoms with Crippen LogP contribution in [0.15, 0.2) is 24.4 Å². The zero-order valence-corrected chi connectivity index (χ0v) is 15.8. The van der Waals surface area contributed by atoms with Crippen LogP contribution in [0, 0.1) is 5.92 Å². The predicted molar refractivity (Wildman–Crippen MR) is 104 cm³/mol. The van der Waals surface area contributed by atoms with Crippen molar-refractivity contribution in [3.8, 4) is 0 Å². The van der Waals surface area contributed by atoms with Crippen molar-refractivity contribution < 1.29 is 4.79 Å². The van der Waals surface area contributed by atoms with Crippen LogP contribution in [0.2, 0.25) is 0 Å². The van der Waals surface area contributed by atoms with Gasteiger partial charge in [-0.25, -0.2) is 4.98 Å². The molecule has 0 radical (unpaired) electrons. The molecule has 4 rings (SSSR count). The summed E-state index contributed by atoms with van der Waals surface area (Å²) in [5.41, 5.74) is 2.24. The summed E-state index contributed by atoms with van der Waals surface area (Å²) in [6, 6.07) is 6.36. The number of carbonyl (C=O) groups is 1. The highest BCUT2D eigenvalue weighted by molar-refractivity contribution is 5.82. The highest BCUT2D eigenvalue weighted by Gasteiger charge is 2.28. The number of pyridine rings is 1. The summed E-state index contributed by atoms with van der Waals surface area (Å²) in [4.78, 5) is 19.8. The molecule has 0 aromatic carbocycles. The summed E-state index contributed by atoms with van der Waals surface area (Å²) in [5, 5.41) is 4.59. The van der Waals surface area contributed by atoms with Crippen molar-refractivity contribution in [1.82, 2.24) is 19.8 Å². The normalized spacial score (nSPS) is 18.3. The first-order valence-electron chi connectivity index (χ1n) is 10.2. The Labute approximate surface area is 155 Å². The van der Waals surface area contributed by atoms with E-state index in [1.807, 2.05) is 12.3 Å². The van der Waals surface area contributed by atoms with Gasteiger partial charge in [-0.05, 0) is 69.3 Å². The molecule has 1 amide bonds. The van der Waals surface area contributed by atoms with Gasteiger partial charge in [0.2, 0.25) is 5.91 Å². The quantitative estimate of drug-likeness (QED) is 0.831. The Morgan fingerprint density at radius 1 is 1.31 bits per heavy atom. The van der Waals surface area contributed by atoms with E-state index in [0.29, 0.717) is 12.5 Å². The molecule has 1 saturated heterocycles. The number of amides is 1. The van der Waals surface area contributed by atoms with E-state index in [4.69, 9.17) is 0 Å². The molecule has 1 saturated carbocycles. The number of carbonyl (C=O) groups excluding carboxylic acids is 1. The van der Waals surface area contributed by atoms with Crippen LogP contribution in [0.25, 0.3) is 11.0 Å². The molecule has 0 spiro atoms. The summed E-state index contributed by atoms with van der Waals surface area (Å²) >= 11 is 0. The van der Waals surface area contributed by atoms with Gasteiger partial charge >= 0.3 is 0 Å². The summed E-state index contributed by atoms with van der Waals surface area (Å²) in [6.45, 7) is 6.48. The SMILES string of the molecule is CCCN(CC1CC1)C(=O)Cn1c(C2CCNCC2)cc2cccnc21. The maximum Gasteiger partial charge on any atom is 0.242 e. The molecule has 0 bridgehead atoms. The van der Waals surface area contributed by atoms with E-state index in [0.717, 1.165) is 62.4 Å². The van der Waals surface area contributed by atoms with E-state index in [-0.39, 0.29) is 5.91 Å². The van der Waals surface area contributed by atoms with Gasteiger partial charge in [0.05, 0.1) is 0 Å². The van der Waals surface area contributed by atoms with Crippen LogP contribution in [-0.4, -0.2) is 46.5 Å². The molecule has 0 atom stereocenters. The first-order valence-corrected chi connectivity index (χ1v) is 10.2. The lowest BCUT2D eigenvalue weighted by Gasteiger charge is -2.26. The van der Waals surface area contributed by atoms with E-state index >= 15 is 0 Å². The lowest BCUT2D eigenvalue weighted by atomic mass is 9.94. The van der Waals surface area contributed by atoms with Gasteiger partial charge in [0, 0.05) is 36.3 Å². The monoisotopic (exact) mass is 354 g/mol. The van der Waals surface area contributed by atoms with E-state index < -0.39 is 0 Å². The van der Waals surface area contributed by atoms with Crippen molar-refractivity contribution in [2.75, 3.05) is 26.2 Å². The minimum absolute atomic E-state index is 0.247. The van der Waals surface area contributed by atoms with Crippen molar-refractivity contribution in [3.63, 3.8) is 0 Å². The van der Waals surface area contributed by atoms with Crippen LogP contribution in [0.1, 0.15) is 50.6 Å². The van der Waals surface area contributed by atoms with Crippen molar-refractivity contribution >= 4 is 16.9 Å². The maximum absolute atomic E-state index is 13.1. The fourth-order valence-corrected chi connectivity index (χ4v) is 4.16. The van der Waals surface area contributed by atoms with Crippen LogP contribution in [-0.2, 0) is 11.3 Å². The lowest BCUT2D eigenvalue weighted by Crippen LogP contribution is -2.37. The topological polar surface area (TPSA) is 50.2 Å². The molecule has 1 aliphatic heterocycles. The maximum atomic E-state index is 13.1. The van der Waals surface area contributed by atoms with Gasteiger partial charge in [-0.3, -0.25) is 4.79 Å². The molecule has 3 heterocycles. The smallest absolute Gasteiger partial charge is 0.242 e. The summed E-state index contributed by atoms with van der Waals surface area (Å²) in [6.07, 6.45) is 7.67. The number of nitrogens with zero attached hydrogens (tertiary/aromatic N) is 3. The minimum Gasteiger partial charge on any atom is -0.341 e. The van der Waals surface area contributed by atoms with Gasteiger partial charge in [0.25, 0.3) is 0 Å². The second kappa shape index (κ2) is 7.78. The Balaban J connectivity index is 1.61. The van der Waals surface area contributed by atoms with Gasteiger partial charge < -0.3 is 14.8 Å². The molecule has 5 heteroatoms. The van der Waals surface area contributed by atoms with Crippen molar-refractivity contribution in [1.29, 1.82) is 0 Å². The van der Waals surface area contributed by atoms with E-state index in [1.54, 1.807) is 0 Å². The van der Waals surface area contributed by atoms with E-state index in [9.17, 15) is 4.79 Å². The number of hydrogen-bond acceptors (Lipinski definition) is 3. The van der Waals surface area contributed by atoms with Crippen LogP contribution in [0.3, 0.4) is 0 Å². The number of aromatic nitrogens is 2. The summed E-state index contributed by atoms with van der Waals surface area (Å²) in [7, 11) is 0. The van der Waals surface area contributed by atoms with Crippen LogP contribution < -0.4 is 5.32 Å². The Bertz CT molecular complexity index is 758. The molecule has 2 aromatic heterocycles. The largest absolute Gasteiger partial charge is 0.341 e. The molecule has 1 N–H and O–H groups in total. The second-order valence-electron chi connectivity index (χ2n) is 7.88. The molecule has 140 valence electrons. The molecule has 2 aromatic rings. The Kier molecular flexibility index (Phi) is 5.25. The molecule has 5 nitrogen and oxygen atoms in total. The van der Waals surface area contributed by atoms with Crippen LogP contribution >= 0.6 is 0 Å². The minimum atomic E-state index is 0.247. The third-order valence-electron chi connectivity index (χ3n) is 5.76. The zero-order valence-electron chi connectivity index (χ0n) is 15.8. The molecular weight excluding hydrogens is 324 g/mol. The summed E-state index contributed by atoms with van der Waals surface area (Å²) < 4.78 is 2.20. The van der Waals surface area contributed by atoms with Gasteiger partial charge in [-0.2, -0.15) is 0 Å². The number of piperidine rings is 1. The average Bonchev–Trinajstić information content (AvgIpc) is 3.42. The summed E-state index contributed by atoms with van der Waals surface area (Å²) in [5.74, 6) is 1.49. The number of rotatable bonds is 7. The Hall–Kier alpha value is -1.88. The molecular formula is C21H30N4O. The third-order valence-corrected chi connectivity index (χ3v) is 5.76. The molecule has 1 aliphatic carbocycles. The van der Waals surface area contributed by atoms with Crippen LogP contribution in [0.4, 0.5) is 0 Å². The highest BCUT2D eigenvalue weighted by Crippen LogP contribution is 2.32. The number of fused-ring (bicyclic) bond motifs is 1. The Morgan fingerprint density at radius 2 is 2.12 bits per heavy atom. The van der Waals surface area contributed by atoms with Gasteiger partial charge in [0.15, 0.2) is 0 Å². The standard InChI is InChI=1S/C21H30N4O/c1-2-12-24(14-16-5-6-16)20(26)15-25-19(17-7-10-22-11-8-17)13-18-4-3-9-23-21(18)25/h3-4,9,13,16-17,22H,2,5-8,10-12,14-15H2,1H3. The fraction of sp³-hybridized carbons (Fsp3) is 0.619. The van der Waals surface area contributed by atoms with Crippen molar-refractivity contribution in [2.24, 2.45) is 5.92 Å². The van der Waals surface area contributed by atoms with E-state index in [1.165, 1.54) is 18.5 Å². The third kappa shape index (κ3) is 3.78. The average molecular weight is 354 g/mol. The second-order valence-corrected chi connectivity index (χ2v) is 7.88. The van der Waals surface area contributed by atoms with Gasteiger partial charge in [0.1, 0.15) is 12.2 Å². The van der Waals surface area contributed by atoms with Crippen molar-refractivity contribution in [2.45, 2.75) is 51.5 Å². The highest BCUT2D eigenvalue weighted by atomic mass is 16.2. The predicted octanol–water partition coefficient (Wildman–Crippen LogP) is 3.15. The Morgan fingerprint density at radius 3 is 2.85 bits per heavy atom. The molecule has 26 heavy (non-hydrogen) atoms. The van der Waals surface area contributed by atoms with E-state index in [2.05, 4.69) is 38.8 Å². The number of hydrogen-bond donors (Lipinski definition) is 1. The first kappa shape index (κ1) is 17.5. The number of nitrogens with one attached hydrogen (secondary N) is 1. The molecule has 2 fully saturated rings. The zero-order chi connectivity index (χ0) is 17.9. The lowest BCUT2D eigenvalue weighted by molar-refractivity contribution is -0.132. The molecule has 2 aliphatic rings. The first-order chi connectivity index (χ1) is 12.8. The van der Waals surface area contributed by atoms with Crippen LogP contribution in [0.5, 0.6) is 0 Å².